The van der Waals surface area contributed by atoms with E-state index in [0.29, 0.717) is 12.1 Å². The third-order valence-electron chi connectivity index (χ3n) is 3.94. The molecule has 6 heteroatoms. The Morgan fingerprint density at radius 2 is 1.70 bits per heavy atom. The second-order valence-electron chi connectivity index (χ2n) is 6.14. The molecule has 27 heavy (non-hydrogen) atoms. The van der Waals surface area contributed by atoms with Crippen molar-refractivity contribution in [3.05, 3.63) is 65.5 Å². The Morgan fingerprint density at radius 1 is 1.04 bits per heavy atom. The Bertz CT molecular complexity index is 743. The van der Waals surface area contributed by atoms with Crippen molar-refractivity contribution >= 4 is 17.7 Å². The van der Waals surface area contributed by atoms with Crippen LogP contribution in [0.5, 0.6) is 0 Å². The summed E-state index contributed by atoms with van der Waals surface area (Å²) in [5, 5.41) is 6.29. The number of aryl methyl sites for hydroxylation is 1. The first-order valence-electron chi connectivity index (χ1n) is 9.03. The molecule has 0 saturated carbocycles. The lowest BCUT2D eigenvalue weighted by Crippen LogP contribution is -2.20. The lowest BCUT2D eigenvalue weighted by atomic mass is 10.0. The molecule has 0 aliphatic rings. The van der Waals surface area contributed by atoms with E-state index >= 15 is 0 Å². The Hall–Kier alpha value is -2.89. The van der Waals surface area contributed by atoms with Gasteiger partial charge in [0.15, 0.2) is 0 Å². The van der Waals surface area contributed by atoms with Crippen LogP contribution in [-0.4, -0.2) is 19.1 Å². The van der Waals surface area contributed by atoms with Crippen LogP contribution in [0.2, 0.25) is 0 Å². The molecule has 1 amide bonds. The maximum atomic E-state index is 12.9. The van der Waals surface area contributed by atoms with Crippen LogP contribution in [0, 0.1) is 5.82 Å². The van der Waals surface area contributed by atoms with Gasteiger partial charge in [0.25, 0.3) is 0 Å². The highest BCUT2D eigenvalue weighted by Gasteiger charge is 2.11. The van der Waals surface area contributed by atoms with Crippen molar-refractivity contribution in [3.8, 4) is 0 Å². The number of amides is 1. The average Bonchev–Trinajstić information content (AvgIpc) is 2.65. The molecular weight excluding hydrogens is 347 g/mol. The SMILES string of the molecule is CCCCCc1ccc(CC(=NOC)OC(=O)Nc2ccc(F)cc2)cc1. The molecule has 0 heterocycles. The third-order valence-corrected chi connectivity index (χ3v) is 3.94. The zero-order chi connectivity index (χ0) is 19.5. The molecule has 0 saturated heterocycles. The van der Waals surface area contributed by atoms with Crippen LogP contribution in [0.3, 0.4) is 0 Å². The van der Waals surface area contributed by atoms with Crippen molar-refractivity contribution in [2.75, 3.05) is 12.4 Å². The van der Waals surface area contributed by atoms with E-state index in [1.165, 1.54) is 56.2 Å². The molecule has 144 valence electrons. The van der Waals surface area contributed by atoms with Gasteiger partial charge < -0.3 is 9.57 Å². The van der Waals surface area contributed by atoms with Crippen LogP contribution in [-0.2, 0) is 22.4 Å². The van der Waals surface area contributed by atoms with Crippen LogP contribution in [0.15, 0.2) is 53.7 Å². The minimum Gasteiger partial charge on any atom is -0.396 e. The predicted octanol–water partition coefficient (Wildman–Crippen LogP) is 5.31. The number of unbranched alkanes of at least 4 members (excludes halogenated alkanes) is 2. The van der Waals surface area contributed by atoms with Gasteiger partial charge in [-0.2, -0.15) is 0 Å². The Morgan fingerprint density at radius 3 is 2.33 bits per heavy atom. The number of carbonyl (C=O) groups excluding carboxylic acids is 1. The van der Waals surface area contributed by atoms with Crippen LogP contribution < -0.4 is 5.32 Å². The summed E-state index contributed by atoms with van der Waals surface area (Å²) in [6, 6.07) is 13.5. The number of nitrogens with one attached hydrogen (secondary N) is 1. The summed E-state index contributed by atoms with van der Waals surface area (Å²) >= 11 is 0. The number of anilines is 1. The summed E-state index contributed by atoms with van der Waals surface area (Å²) in [4.78, 5) is 16.8. The van der Waals surface area contributed by atoms with Crippen molar-refractivity contribution in [1.82, 2.24) is 0 Å². The van der Waals surface area contributed by atoms with Crippen LogP contribution in [0.4, 0.5) is 14.9 Å². The standard InChI is InChI=1S/C21H25FN2O3/c1-3-4-5-6-16-7-9-17(10-8-16)15-20(24-26-2)27-21(25)23-19-13-11-18(22)12-14-19/h7-14H,3-6,15H2,1-2H3,(H,23,25). The molecule has 0 fully saturated rings. The predicted molar refractivity (Wildman–Crippen MR) is 104 cm³/mol. The molecule has 2 aromatic carbocycles. The van der Waals surface area contributed by atoms with Crippen LogP contribution in [0.25, 0.3) is 0 Å². The van der Waals surface area contributed by atoms with E-state index in [1.54, 1.807) is 0 Å². The maximum absolute atomic E-state index is 12.9. The largest absolute Gasteiger partial charge is 0.418 e. The van der Waals surface area contributed by atoms with Crippen LogP contribution >= 0.6 is 0 Å². The summed E-state index contributed by atoms with van der Waals surface area (Å²) in [6.07, 6.45) is 4.27. The van der Waals surface area contributed by atoms with E-state index in [9.17, 15) is 9.18 Å². The number of halogens is 1. The molecule has 0 radical (unpaired) electrons. The smallest absolute Gasteiger partial charge is 0.396 e. The molecule has 0 aliphatic carbocycles. The number of nitrogens with zero attached hydrogens (tertiary/aromatic N) is 1. The summed E-state index contributed by atoms with van der Waals surface area (Å²) in [6.45, 7) is 2.19. The second-order valence-corrected chi connectivity index (χ2v) is 6.14. The highest BCUT2D eigenvalue weighted by atomic mass is 19.1. The van der Waals surface area contributed by atoms with Gasteiger partial charge in [-0.3, -0.25) is 5.32 Å². The van der Waals surface area contributed by atoms with Crippen LogP contribution in [0.1, 0.15) is 37.3 Å². The molecule has 1 N–H and O–H groups in total. The van der Waals surface area contributed by atoms with Gasteiger partial charge in [-0.25, -0.2) is 9.18 Å². The van der Waals surface area contributed by atoms with Gasteiger partial charge >= 0.3 is 6.09 Å². The van der Waals surface area contributed by atoms with Crippen molar-refractivity contribution < 1.29 is 18.8 Å². The van der Waals surface area contributed by atoms with Gasteiger partial charge in [0.05, 0.1) is 6.42 Å². The zero-order valence-corrected chi connectivity index (χ0v) is 15.7. The molecule has 2 aromatic rings. The van der Waals surface area contributed by atoms with Gasteiger partial charge in [0, 0.05) is 5.69 Å². The summed E-state index contributed by atoms with van der Waals surface area (Å²) < 4.78 is 18.1. The van der Waals surface area contributed by atoms with E-state index in [1.807, 2.05) is 12.1 Å². The van der Waals surface area contributed by atoms with E-state index in [2.05, 4.69) is 29.5 Å². The lowest BCUT2D eigenvalue weighted by molar-refractivity contribution is 0.186. The quantitative estimate of drug-likeness (QED) is 0.296. The number of rotatable bonds is 8. The minimum atomic E-state index is -0.714. The van der Waals surface area contributed by atoms with Crippen molar-refractivity contribution in [2.24, 2.45) is 5.16 Å². The fraction of sp³-hybridized carbons (Fsp3) is 0.333. The van der Waals surface area contributed by atoms with Gasteiger partial charge in [-0.05, 0) is 48.2 Å². The highest BCUT2D eigenvalue weighted by Crippen LogP contribution is 2.12. The first-order chi connectivity index (χ1) is 13.1. The average molecular weight is 372 g/mol. The number of carbonyl (C=O) groups is 1. The molecule has 0 aliphatic heterocycles. The highest BCUT2D eigenvalue weighted by molar-refractivity contribution is 5.95. The first kappa shape index (κ1) is 20.4. The van der Waals surface area contributed by atoms with E-state index < -0.39 is 6.09 Å². The monoisotopic (exact) mass is 372 g/mol. The van der Waals surface area contributed by atoms with Gasteiger partial charge in [0.1, 0.15) is 12.9 Å². The number of hydrogen-bond acceptors (Lipinski definition) is 4. The summed E-state index contributed by atoms with van der Waals surface area (Å²) in [5.41, 5.74) is 2.67. The normalized spacial score (nSPS) is 11.1. The first-order valence-corrected chi connectivity index (χ1v) is 9.03. The van der Waals surface area contributed by atoms with Gasteiger partial charge in [-0.15, -0.1) is 0 Å². The molecule has 0 spiro atoms. The molecule has 0 aromatic heterocycles. The molecular formula is C21H25FN2O3. The Kier molecular flexibility index (Phi) is 8.29. The number of benzene rings is 2. The third kappa shape index (κ3) is 7.48. The Balaban J connectivity index is 1.91. The molecule has 2 rings (SSSR count). The van der Waals surface area contributed by atoms with Gasteiger partial charge in [-0.1, -0.05) is 49.2 Å². The Labute approximate surface area is 159 Å². The molecule has 5 nitrogen and oxygen atoms in total. The molecule has 0 unspecified atom stereocenters. The zero-order valence-electron chi connectivity index (χ0n) is 15.7. The van der Waals surface area contributed by atoms with E-state index in [-0.39, 0.29) is 11.7 Å². The maximum Gasteiger partial charge on any atom is 0.418 e. The van der Waals surface area contributed by atoms with E-state index in [0.717, 1.165) is 12.0 Å². The van der Waals surface area contributed by atoms with E-state index in [4.69, 9.17) is 9.57 Å². The lowest BCUT2D eigenvalue weighted by Gasteiger charge is -2.09. The summed E-state index contributed by atoms with van der Waals surface area (Å²) in [5.74, 6) is -0.246. The number of ether oxygens (including phenoxy) is 1. The summed E-state index contributed by atoms with van der Waals surface area (Å²) in [7, 11) is 1.39. The molecule has 0 bridgehead atoms. The minimum absolute atomic E-state index is 0.135. The fourth-order valence-corrected chi connectivity index (χ4v) is 2.55. The van der Waals surface area contributed by atoms with Crippen molar-refractivity contribution in [1.29, 1.82) is 0 Å². The van der Waals surface area contributed by atoms with Crippen molar-refractivity contribution in [3.63, 3.8) is 0 Å². The number of oxime groups is 1. The topological polar surface area (TPSA) is 59.9 Å². The number of hydrogen-bond donors (Lipinski definition) is 1. The second kappa shape index (κ2) is 11.0. The van der Waals surface area contributed by atoms with Gasteiger partial charge in [0.2, 0.25) is 5.90 Å². The fourth-order valence-electron chi connectivity index (χ4n) is 2.55. The molecule has 0 atom stereocenters. The van der Waals surface area contributed by atoms with Crippen molar-refractivity contribution in [2.45, 2.75) is 39.0 Å².